The molecule has 6 heterocycles. The number of pyridine rings is 4. The SMILES string of the molecule is CC1=C(B(O)O)CN=C1.COc1cc(C=O)c(OCc2c(C3=CC=NC3)ncc3ccccc23)cn1.COc1cc(C=O)c(OCc2c(Cl)ncc3ccccc23)cn1.[2H]OOC=O.[CH2-]F.[K+].[K+].[Pd].c1ccc(P(c2ccccc2)c2ccccc2)cc1.c1ccc(P(c2ccccc2)c2ccccc2)cc1.c1ccc(P(c2ccccc2)c2ccccc2)cc1.c1ccc(P(c2ccccc2)c2ccccc2)cc1. The summed E-state index contributed by atoms with van der Waals surface area (Å²) in [5.41, 5.74) is 5.85. The first-order valence-electron chi connectivity index (χ1n) is 45.0. The molecule has 17 nitrogen and oxygen atoms in total. The molecule has 18 aromatic rings. The minimum atomic E-state index is -1.33. The zero-order chi connectivity index (χ0) is 99.5. The molecular formula is C117H102BClFK2N6O11P4Pd+. The molecule has 0 radical (unpaired) electrons. The molecule has 14 aromatic carbocycles. The van der Waals surface area contributed by atoms with Gasteiger partial charge in [-0.3, -0.25) is 29.4 Å². The predicted molar refractivity (Wildman–Crippen MR) is 584 cm³/mol. The van der Waals surface area contributed by atoms with Crippen molar-refractivity contribution in [3.8, 4) is 23.3 Å². The maximum absolute atomic E-state index is 11.4. The smallest absolute Gasteiger partial charge is 0.486 e. The van der Waals surface area contributed by atoms with Crippen LogP contribution in [0.4, 0.5) is 4.39 Å². The van der Waals surface area contributed by atoms with Crippen LogP contribution in [0.25, 0.3) is 28.5 Å². The van der Waals surface area contributed by atoms with Crippen LogP contribution in [0.1, 0.15) is 44.5 Å². The normalized spacial score (nSPS) is 11.0. The van der Waals surface area contributed by atoms with E-state index in [4.69, 9.17) is 46.8 Å². The number of hydrogen-bond donors (Lipinski definition) is 3. The van der Waals surface area contributed by atoms with Crippen molar-refractivity contribution in [1.82, 2.24) is 19.9 Å². The van der Waals surface area contributed by atoms with Gasteiger partial charge in [-0.15, -0.1) is 0 Å². The molecule has 0 aliphatic carbocycles. The maximum Gasteiger partial charge on any atom is 1.00 e. The van der Waals surface area contributed by atoms with Gasteiger partial charge in [0, 0.05) is 84.9 Å². The van der Waals surface area contributed by atoms with E-state index in [1.807, 2.05) is 67.7 Å². The number of benzene rings is 14. The van der Waals surface area contributed by atoms with E-state index in [1.54, 1.807) is 31.9 Å². The minimum absolute atomic E-state index is 0. The van der Waals surface area contributed by atoms with E-state index >= 15 is 0 Å². The van der Waals surface area contributed by atoms with Crippen molar-refractivity contribution in [3.05, 3.63) is 507 Å². The van der Waals surface area contributed by atoms with Crippen molar-refractivity contribution < 1.29 is 181 Å². The van der Waals surface area contributed by atoms with Gasteiger partial charge < -0.3 is 38.3 Å². The summed E-state index contributed by atoms with van der Waals surface area (Å²) < 4.78 is 36.6. The third-order valence-corrected chi connectivity index (χ3v) is 31.5. The zero-order valence-electron chi connectivity index (χ0n) is 80.9. The Kier molecular flexibility index (Phi) is 52.1. The maximum atomic E-state index is 11.4. The Bertz CT molecular complexity index is 6180. The van der Waals surface area contributed by atoms with Gasteiger partial charge in [0.05, 0.1) is 56.5 Å². The first-order valence-corrected chi connectivity index (χ1v) is 50.4. The molecular weight excluding hydrogens is 2040 g/mol. The zero-order valence-corrected chi connectivity index (χ0v) is 92.0. The summed E-state index contributed by atoms with van der Waals surface area (Å²) in [7, 11) is 1.63. The summed E-state index contributed by atoms with van der Waals surface area (Å²) in [6, 6.07) is 148. The van der Waals surface area contributed by atoms with Crippen molar-refractivity contribution >= 4 is 173 Å². The molecule has 714 valence electrons. The number of rotatable bonds is 26. The summed E-state index contributed by atoms with van der Waals surface area (Å²) >= 11 is 6.19. The van der Waals surface area contributed by atoms with Gasteiger partial charge in [-0.25, -0.2) is 20.2 Å². The quantitative estimate of drug-likeness (QED) is 0.00870. The average molecular weight is 2140 g/mol. The van der Waals surface area contributed by atoms with Gasteiger partial charge in [0.25, 0.3) is 1.43 Å². The molecule has 0 saturated heterocycles. The second kappa shape index (κ2) is 65.4. The Morgan fingerprint density at radius 1 is 0.389 bits per heavy atom. The van der Waals surface area contributed by atoms with Crippen LogP contribution in [0.2, 0.25) is 5.15 Å². The van der Waals surface area contributed by atoms with Gasteiger partial charge in [-0.05, 0) is 130 Å². The molecule has 2 aliphatic heterocycles. The van der Waals surface area contributed by atoms with Crippen LogP contribution in [0.3, 0.4) is 0 Å². The summed E-state index contributed by atoms with van der Waals surface area (Å²) in [6.45, 7) is 3.31. The number of aldehydes is 2. The molecule has 0 amide bonds. The molecule has 2 aliphatic rings. The molecule has 144 heavy (non-hydrogen) atoms. The predicted octanol–water partition coefficient (Wildman–Crippen LogP) is 14.7. The van der Waals surface area contributed by atoms with Crippen LogP contribution < -0.4 is 185 Å². The number of halogens is 2. The van der Waals surface area contributed by atoms with E-state index in [2.05, 4.69) is 404 Å². The van der Waals surface area contributed by atoms with E-state index in [0.717, 1.165) is 55.8 Å². The number of nitrogens with zero attached hydrogens (tertiary/aromatic N) is 6. The van der Waals surface area contributed by atoms with Crippen LogP contribution in [-0.4, -0.2) is 101 Å². The number of hydrogen-bond acceptors (Lipinski definition) is 17. The summed E-state index contributed by atoms with van der Waals surface area (Å²) in [4.78, 5) is 59.9. The summed E-state index contributed by atoms with van der Waals surface area (Å²) in [6.07, 6.45) is 13.4. The largest absolute Gasteiger partial charge is 1.00 e. The van der Waals surface area contributed by atoms with Crippen LogP contribution in [-0.2, 0) is 43.3 Å². The minimum Gasteiger partial charge on any atom is -0.486 e. The monoisotopic (exact) mass is 2140 g/mol. The number of allylic oxidation sites excluding steroid dienone is 2. The van der Waals surface area contributed by atoms with Crippen molar-refractivity contribution in [1.29, 1.82) is 1.43 Å². The second-order valence-electron chi connectivity index (χ2n) is 30.4. The number of aliphatic imine (C=N–C) groups is 2. The number of fused-ring (bicyclic) bond motifs is 2. The molecule has 3 N–H and O–H groups in total. The van der Waals surface area contributed by atoms with Crippen LogP contribution >= 0.6 is 43.3 Å². The topological polar surface area (TPSA) is 234 Å². The van der Waals surface area contributed by atoms with Crippen molar-refractivity contribution in [2.75, 3.05) is 27.3 Å². The molecule has 27 heteroatoms. The van der Waals surface area contributed by atoms with Gasteiger partial charge in [0.15, 0.2) is 12.6 Å². The fourth-order valence-electron chi connectivity index (χ4n) is 14.8. The van der Waals surface area contributed by atoms with Gasteiger partial charge in [-0.1, -0.05) is 424 Å². The Balaban J connectivity index is 0.000000188. The van der Waals surface area contributed by atoms with Crippen LogP contribution in [0.15, 0.2) is 477 Å². The van der Waals surface area contributed by atoms with Gasteiger partial charge in [0.2, 0.25) is 11.8 Å². The summed E-state index contributed by atoms with van der Waals surface area (Å²) in [5, 5.41) is 41.5. The second-order valence-corrected chi connectivity index (χ2v) is 39.7. The van der Waals surface area contributed by atoms with Crippen LogP contribution in [0.5, 0.6) is 23.3 Å². The van der Waals surface area contributed by atoms with E-state index in [0.29, 0.717) is 64.4 Å². The molecule has 0 spiro atoms. The molecule has 20 rings (SSSR count). The van der Waals surface area contributed by atoms with Crippen molar-refractivity contribution in [2.45, 2.75) is 20.1 Å². The van der Waals surface area contributed by atoms with E-state index in [1.165, 1.54) is 96.3 Å². The van der Waals surface area contributed by atoms with Gasteiger partial charge in [-0.2, -0.15) is 7.18 Å². The molecule has 0 saturated carbocycles. The van der Waals surface area contributed by atoms with Gasteiger partial charge in [0.1, 0.15) is 29.9 Å². The first kappa shape index (κ1) is 115. The third-order valence-electron chi connectivity index (χ3n) is 21.4. The fraction of sp³-hybridized carbons (Fsp3) is 0.0598. The average Bonchev–Trinajstić information content (AvgIpc) is 1.75. The molecule has 0 bridgehead atoms. The Labute approximate surface area is 951 Å². The number of carbonyl (C=O) groups is 3. The number of methoxy groups -OCH3 is 2. The van der Waals surface area contributed by atoms with Crippen LogP contribution in [0, 0.1) is 7.18 Å². The Morgan fingerprint density at radius 2 is 0.667 bits per heavy atom. The fourth-order valence-corrected chi connectivity index (χ4v) is 24.2. The van der Waals surface area contributed by atoms with E-state index in [9.17, 15) is 14.0 Å². The van der Waals surface area contributed by atoms with Gasteiger partial charge >= 0.3 is 116 Å². The van der Waals surface area contributed by atoms with Crippen molar-refractivity contribution in [3.63, 3.8) is 0 Å². The standard InChI is InChI=1S/C21H17N3O3.4C18H15P.C17H13ClN2O3.C5H8BNO2.CH2F.CH2O3.2K.Pd/c1-26-20-8-16(12-25)19(11-23-20)27-13-18-17-5-3-2-4-14(17)10-24-21(18)15-6-7-22-9-15;4*1-4-10-16(11-5-1)19(17-12-6-2-7-13-17)18-14-8-3-9-15-18;1-22-16-6-12(9-21)15(8-19-16)23-10-14-13-5-3-2-4-11(13)7-20-17(14)18;1-4-2-7-3-5(4)6(8)9;1-2;2-1-4-3;;;/h2-8,10-12H,9,13H2,1H3;4*1-15H;2-9H,10H2,1H3;2,8-9H,3H2,1H3;1H2;1,3H;;;/q;;;;;;;-1;;2*+1;/i/hD. The number of aromatic nitrogens is 4. The molecule has 0 unspecified atom stereocenters. The molecule has 0 fully saturated rings. The number of carbonyl (C=O) groups excluding carboxylic acids is 3. The van der Waals surface area contributed by atoms with Crippen molar-refractivity contribution in [2.24, 2.45) is 9.98 Å². The van der Waals surface area contributed by atoms with E-state index in [-0.39, 0.29) is 143 Å². The Morgan fingerprint density at radius 3 is 0.903 bits per heavy atom. The number of ether oxygens (including phenoxy) is 4. The third kappa shape index (κ3) is 35.1. The molecule has 0 atom stereocenters. The molecule has 4 aromatic heterocycles. The summed E-state index contributed by atoms with van der Waals surface area (Å²) in [5.74, 6) is 1.49. The van der Waals surface area contributed by atoms with E-state index < -0.39 is 38.8 Å². The first-order chi connectivity index (χ1) is 69.9. The Hall–Kier alpha value is -11.2.